The predicted molar refractivity (Wildman–Crippen MR) is 126 cm³/mol. The van der Waals surface area contributed by atoms with E-state index in [4.69, 9.17) is 16.3 Å². The number of ether oxygens (including phenoxy) is 1. The van der Waals surface area contributed by atoms with E-state index < -0.39 is 16.6 Å². The lowest BCUT2D eigenvalue weighted by Crippen LogP contribution is -2.15. The zero-order valence-corrected chi connectivity index (χ0v) is 18.9. The Bertz CT molecular complexity index is 1350. The molecule has 0 radical (unpaired) electrons. The van der Waals surface area contributed by atoms with Gasteiger partial charge in [-0.2, -0.15) is 5.10 Å². The number of para-hydroxylation sites is 1. The summed E-state index contributed by atoms with van der Waals surface area (Å²) in [5.41, 5.74) is 0.346. The van der Waals surface area contributed by atoms with Crippen molar-refractivity contribution in [3.05, 3.63) is 106 Å². The van der Waals surface area contributed by atoms with Crippen molar-refractivity contribution < 1.29 is 18.8 Å². The number of nitro benzene ring substituents is 1. The van der Waals surface area contributed by atoms with Crippen molar-refractivity contribution in [3.63, 3.8) is 0 Å². The Morgan fingerprint density at radius 3 is 2.68 bits per heavy atom. The Hall–Kier alpha value is -3.89. The quantitative estimate of drug-likeness (QED) is 0.235. The lowest BCUT2D eigenvalue weighted by atomic mass is 10.3. The van der Waals surface area contributed by atoms with E-state index in [0.717, 1.165) is 28.0 Å². The molecule has 0 atom stereocenters. The van der Waals surface area contributed by atoms with Crippen LogP contribution >= 0.6 is 23.4 Å². The van der Waals surface area contributed by atoms with Crippen molar-refractivity contribution in [3.8, 4) is 5.75 Å². The lowest BCUT2D eigenvalue weighted by molar-refractivity contribution is -0.386. The first-order chi connectivity index (χ1) is 16.4. The van der Waals surface area contributed by atoms with Gasteiger partial charge >= 0.3 is 5.69 Å². The summed E-state index contributed by atoms with van der Waals surface area (Å²) in [7, 11) is 0. The fourth-order valence-corrected chi connectivity index (χ4v) is 3.95. The van der Waals surface area contributed by atoms with Crippen LogP contribution in [0.3, 0.4) is 0 Å². The Morgan fingerprint density at radius 1 is 1.15 bits per heavy atom. The summed E-state index contributed by atoms with van der Waals surface area (Å²) >= 11 is 7.41. The number of carbonyl (C=O) groups excluding carboxylic acids is 1. The molecule has 3 aromatic carbocycles. The molecule has 0 saturated heterocycles. The number of benzene rings is 3. The minimum absolute atomic E-state index is 0.114. The van der Waals surface area contributed by atoms with Crippen LogP contribution < -0.4 is 10.1 Å². The van der Waals surface area contributed by atoms with E-state index in [9.17, 15) is 19.3 Å². The minimum atomic E-state index is -0.670. The third-order valence-electron chi connectivity index (χ3n) is 4.52. The van der Waals surface area contributed by atoms with Gasteiger partial charge in [0.05, 0.1) is 10.6 Å². The van der Waals surface area contributed by atoms with Gasteiger partial charge in [-0.05, 0) is 48.5 Å². The molecular formula is C23H16ClFN4O4S. The molecule has 1 amide bonds. The normalized spacial score (nSPS) is 10.6. The molecule has 34 heavy (non-hydrogen) atoms. The van der Waals surface area contributed by atoms with Gasteiger partial charge in [0.25, 0.3) is 5.91 Å². The highest BCUT2D eigenvalue weighted by Crippen LogP contribution is 2.34. The van der Waals surface area contributed by atoms with Gasteiger partial charge in [-0.1, -0.05) is 35.5 Å². The summed E-state index contributed by atoms with van der Waals surface area (Å²) < 4.78 is 20.1. The van der Waals surface area contributed by atoms with Gasteiger partial charge < -0.3 is 10.1 Å². The van der Waals surface area contributed by atoms with Gasteiger partial charge in [-0.15, -0.1) is 0 Å². The van der Waals surface area contributed by atoms with Crippen LogP contribution in [-0.2, 0) is 6.73 Å². The third kappa shape index (κ3) is 5.72. The molecular weight excluding hydrogens is 483 g/mol. The summed E-state index contributed by atoms with van der Waals surface area (Å²) in [6.45, 7) is -0.249. The Kier molecular flexibility index (Phi) is 7.09. The van der Waals surface area contributed by atoms with Gasteiger partial charge in [-0.25, -0.2) is 9.07 Å². The first-order valence-corrected chi connectivity index (χ1v) is 11.0. The topological polar surface area (TPSA) is 99.3 Å². The first-order valence-electron chi connectivity index (χ1n) is 9.83. The smallest absolute Gasteiger partial charge is 0.311 e. The second-order valence-corrected chi connectivity index (χ2v) is 8.44. The Labute approximate surface area is 202 Å². The van der Waals surface area contributed by atoms with E-state index in [1.54, 1.807) is 24.3 Å². The maximum atomic E-state index is 13.5. The van der Waals surface area contributed by atoms with Gasteiger partial charge in [0.2, 0.25) is 5.75 Å². The number of hydrogen-bond acceptors (Lipinski definition) is 6. The molecule has 0 saturated carbocycles. The molecule has 8 nitrogen and oxygen atoms in total. The monoisotopic (exact) mass is 498 g/mol. The molecule has 0 aliphatic carbocycles. The average molecular weight is 499 g/mol. The highest BCUT2D eigenvalue weighted by molar-refractivity contribution is 7.99. The van der Waals surface area contributed by atoms with E-state index in [0.29, 0.717) is 10.7 Å². The second kappa shape index (κ2) is 10.4. The maximum Gasteiger partial charge on any atom is 0.311 e. The SMILES string of the molecule is O=C(Nc1ccccc1Sc1ccc(Cl)cc1)c1ccn(COc2cc(F)ccc2[N+](=O)[O-])n1. The van der Waals surface area contributed by atoms with Crippen LogP contribution in [0.25, 0.3) is 0 Å². The maximum absolute atomic E-state index is 13.5. The zero-order chi connectivity index (χ0) is 24.1. The van der Waals surface area contributed by atoms with Crippen LogP contribution in [-0.4, -0.2) is 20.6 Å². The Morgan fingerprint density at radius 2 is 1.91 bits per heavy atom. The fraction of sp³-hybridized carbons (Fsp3) is 0.0435. The standard InChI is InChI=1S/C23H16ClFN4O4S/c24-15-5-8-17(9-6-15)34-22-4-2-1-3-18(22)26-23(30)19-11-12-28(27-19)14-33-21-13-16(25)7-10-20(21)29(31)32/h1-13H,14H2,(H,26,30). The van der Waals surface area contributed by atoms with Gasteiger partial charge in [0.1, 0.15) is 5.82 Å². The largest absolute Gasteiger partial charge is 0.464 e. The molecule has 4 aromatic rings. The molecule has 11 heteroatoms. The fourth-order valence-electron chi connectivity index (χ4n) is 2.92. The Balaban J connectivity index is 1.43. The van der Waals surface area contributed by atoms with Gasteiger partial charge in [0.15, 0.2) is 12.4 Å². The van der Waals surface area contributed by atoms with Gasteiger partial charge in [0, 0.05) is 33.1 Å². The van der Waals surface area contributed by atoms with Crippen LogP contribution in [0.1, 0.15) is 10.5 Å². The first kappa shape index (κ1) is 23.3. The van der Waals surface area contributed by atoms with E-state index in [1.165, 1.54) is 28.7 Å². The lowest BCUT2D eigenvalue weighted by Gasteiger charge is -2.10. The van der Waals surface area contributed by atoms with Gasteiger partial charge in [-0.3, -0.25) is 14.9 Å². The molecule has 1 N–H and O–H groups in total. The molecule has 1 aromatic heterocycles. The predicted octanol–water partition coefficient (Wildman–Crippen LogP) is 6.02. The molecule has 4 rings (SSSR count). The van der Waals surface area contributed by atoms with Crippen molar-refractivity contribution in [1.82, 2.24) is 9.78 Å². The number of rotatable bonds is 8. The zero-order valence-electron chi connectivity index (χ0n) is 17.4. The second-order valence-electron chi connectivity index (χ2n) is 6.89. The number of aromatic nitrogens is 2. The third-order valence-corrected chi connectivity index (χ3v) is 5.86. The highest BCUT2D eigenvalue weighted by atomic mass is 35.5. The summed E-state index contributed by atoms with van der Waals surface area (Å²) in [4.78, 5) is 25.0. The number of halogens is 2. The number of hydrogen-bond donors (Lipinski definition) is 1. The number of nitrogens with one attached hydrogen (secondary N) is 1. The molecule has 0 unspecified atom stereocenters. The van der Waals surface area contributed by atoms with Crippen LogP contribution in [0.15, 0.2) is 88.8 Å². The van der Waals surface area contributed by atoms with Crippen molar-refractivity contribution in [1.29, 1.82) is 0 Å². The van der Waals surface area contributed by atoms with E-state index >= 15 is 0 Å². The van der Waals surface area contributed by atoms with Crippen molar-refractivity contribution in [2.24, 2.45) is 0 Å². The van der Waals surface area contributed by atoms with E-state index in [-0.39, 0.29) is 23.9 Å². The van der Waals surface area contributed by atoms with Crippen LogP contribution in [0.5, 0.6) is 5.75 Å². The summed E-state index contributed by atoms with van der Waals surface area (Å²) in [5.74, 6) is -1.35. The number of anilines is 1. The highest BCUT2D eigenvalue weighted by Gasteiger charge is 2.17. The summed E-state index contributed by atoms with van der Waals surface area (Å²) in [6.07, 6.45) is 1.48. The summed E-state index contributed by atoms with van der Waals surface area (Å²) in [6, 6.07) is 19.1. The molecule has 0 aliphatic heterocycles. The number of amides is 1. The number of nitro groups is 1. The summed E-state index contributed by atoms with van der Waals surface area (Å²) in [5, 5.41) is 18.7. The van der Waals surface area contributed by atoms with Crippen molar-refractivity contribution >= 4 is 40.6 Å². The van der Waals surface area contributed by atoms with Crippen LogP contribution in [0.2, 0.25) is 5.02 Å². The van der Waals surface area contributed by atoms with Crippen LogP contribution in [0, 0.1) is 15.9 Å². The average Bonchev–Trinajstić information content (AvgIpc) is 3.29. The number of nitrogens with zero attached hydrogens (tertiary/aromatic N) is 3. The molecule has 0 spiro atoms. The van der Waals surface area contributed by atoms with E-state index in [1.807, 2.05) is 24.3 Å². The van der Waals surface area contributed by atoms with Crippen LogP contribution in [0.4, 0.5) is 15.8 Å². The minimum Gasteiger partial charge on any atom is -0.464 e. The molecule has 0 fully saturated rings. The molecule has 0 aliphatic rings. The van der Waals surface area contributed by atoms with E-state index in [2.05, 4.69) is 10.4 Å². The molecule has 1 heterocycles. The van der Waals surface area contributed by atoms with Crippen molar-refractivity contribution in [2.75, 3.05) is 5.32 Å². The molecule has 172 valence electrons. The van der Waals surface area contributed by atoms with Crippen molar-refractivity contribution in [2.45, 2.75) is 16.5 Å². The molecule has 0 bridgehead atoms. The number of carbonyl (C=O) groups is 1.